The highest BCUT2D eigenvalue weighted by molar-refractivity contribution is 5.91. The van der Waals surface area contributed by atoms with Crippen molar-refractivity contribution in [3.05, 3.63) is 46.8 Å². The van der Waals surface area contributed by atoms with Crippen LogP contribution in [0.3, 0.4) is 0 Å². The van der Waals surface area contributed by atoms with Crippen LogP contribution in [0.15, 0.2) is 28.8 Å². The van der Waals surface area contributed by atoms with Gasteiger partial charge in [-0.15, -0.1) is 0 Å². The number of halogens is 3. The van der Waals surface area contributed by atoms with Crippen LogP contribution in [-0.4, -0.2) is 16.2 Å². The van der Waals surface area contributed by atoms with Crippen molar-refractivity contribution in [1.82, 2.24) is 5.16 Å². The number of rotatable bonds is 4. The molecule has 0 fully saturated rings. The van der Waals surface area contributed by atoms with Gasteiger partial charge in [-0.05, 0) is 25.1 Å². The van der Waals surface area contributed by atoms with Crippen LogP contribution in [0.4, 0.5) is 18.9 Å². The molecule has 2 rings (SSSR count). The number of alkyl halides is 3. The minimum atomic E-state index is -4.71. The van der Waals surface area contributed by atoms with Crippen molar-refractivity contribution >= 4 is 11.7 Å². The number of benzene rings is 1. The third kappa shape index (κ3) is 3.53. The maximum absolute atomic E-state index is 12.7. The van der Waals surface area contributed by atoms with Gasteiger partial charge in [0.2, 0.25) is 0 Å². The normalized spacial score (nSPS) is 11.4. The van der Waals surface area contributed by atoms with Gasteiger partial charge in [-0.25, -0.2) is 4.79 Å². The first-order valence-corrected chi connectivity index (χ1v) is 5.88. The second-order valence-corrected chi connectivity index (χ2v) is 4.35. The van der Waals surface area contributed by atoms with Gasteiger partial charge >= 0.3 is 12.1 Å². The Morgan fingerprint density at radius 3 is 2.62 bits per heavy atom. The lowest BCUT2D eigenvalue weighted by molar-refractivity contribution is -0.138. The molecule has 112 valence electrons. The Kier molecular flexibility index (Phi) is 3.88. The Balaban J connectivity index is 2.22. The van der Waals surface area contributed by atoms with E-state index < -0.39 is 23.3 Å². The van der Waals surface area contributed by atoms with Gasteiger partial charge in [0, 0.05) is 11.8 Å². The lowest BCUT2D eigenvalue weighted by Gasteiger charge is -2.12. The first-order chi connectivity index (χ1) is 9.77. The molecular weight excluding hydrogens is 289 g/mol. The third-order valence-electron chi connectivity index (χ3n) is 2.71. The van der Waals surface area contributed by atoms with E-state index in [2.05, 4.69) is 10.5 Å². The summed E-state index contributed by atoms with van der Waals surface area (Å²) < 4.78 is 42.9. The molecule has 0 amide bonds. The van der Waals surface area contributed by atoms with Crippen LogP contribution in [0.5, 0.6) is 0 Å². The summed E-state index contributed by atoms with van der Waals surface area (Å²) in [7, 11) is 0. The fraction of sp³-hybridized carbons (Fsp3) is 0.231. The van der Waals surface area contributed by atoms with Gasteiger partial charge < -0.3 is 14.9 Å². The summed E-state index contributed by atoms with van der Waals surface area (Å²) in [5.74, 6) is -1.03. The number of hydrogen-bond acceptors (Lipinski definition) is 4. The first kappa shape index (κ1) is 14.9. The van der Waals surface area contributed by atoms with E-state index >= 15 is 0 Å². The van der Waals surface area contributed by atoms with E-state index in [0.717, 1.165) is 12.1 Å². The zero-order valence-corrected chi connectivity index (χ0v) is 10.9. The molecule has 0 bridgehead atoms. The van der Waals surface area contributed by atoms with Crippen molar-refractivity contribution in [3.8, 4) is 0 Å². The highest BCUT2D eigenvalue weighted by Crippen LogP contribution is 2.33. The highest BCUT2D eigenvalue weighted by atomic mass is 19.4. The van der Waals surface area contributed by atoms with Crippen molar-refractivity contribution in [2.75, 3.05) is 5.32 Å². The number of aromatic carboxylic acids is 1. The average Bonchev–Trinajstić information content (AvgIpc) is 2.80. The number of carbonyl (C=O) groups is 1. The summed E-state index contributed by atoms with van der Waals surface area (Å²) in [4.78, 5) is 10.9. The van der Waals surface area contributed by atoms with Crippen LogP contribution in [0.2, 0.25) is 0 Å². The lowest BCUT2D eigenvalue weighted by Crippen LogP contribution is -2.13. The topological polar surface area (TPSA) is 75.4 Å². The zero-order valence-electron chi connectivity index (χ0n) is 10.9. The molecule has 2 aromatic rings. The molecule has 2 N–H and O–H groups in total. The summed E-state index contributed by atoms with van der Waals surface area (Å²) >= 11 is 0. The van der Waals surface area contributed by atoms with Gasteiger partial charge in [-0.2, -0.15) is 13.2 Å². The molecule has 0 radical (unpaired) electrons. The largest absolute Gasteiger partial charge is 0.478 e. The fourth-order valence-electron chi connectivity index (χ4n) is 1.77. The van der Waals surface area contributed by atoms with Gasteiger partial charge in [0.1, 0.15) is 11.5 Å². The van der Waals surface area contributed by atoms with Crippen molar-refractivity contribution in [2.45, 2.75) is 19.6 Å². The quantitative estimate of drug-likeness (QED) is 0.906. The molecular formula is C13H11F3N2O3. The number of nitrogens with one attached hydrogen (secondary N) is 1. The van der Waals surface area contributed by atoms with Gasteiger partial charge in [0.05, 0.1) is 17.7 Å². The SMILES string of the molecule is Cc1cc(CNc2ccc(C(F)(F)F)c(C(=O)O)c2)no1. The molecule has 0 atom stereocenters. The van der Waals surface area contributed by atoms with Crippen molar-refractivity contribution in [1.29, 1.82) is 0 Å². The van der Waals surface area contributed by atoms with E-state index in [4.69, 9.17) is 9.63 Å². The van der Waals surface area contributed by atoms with Crippen LogP contribution in [0.1, 0.15) is 27.4 Å². The average molecular weight is 300 g/mol. The molecule has 8 heteroatoms. The minimum absolute atomic E-state index is 0.210. The van der Waals surface area contributed by atoms with Crippen molar-refractivity contribution in [2.24, 2.45) is 0 Å². The summed E-state index contributed by atoms with van der Waals surface area (Å²) in [6.07, 6.45) is -4.71. The monoisotopic (exact) mass is 300 g/mol. The lowest BCUT2D eigenvalue weighted by atomic mass is 10.1. The smallest absolute Gasteiger partial charge is 0.417 e. The van der Waals surface area contributed by atoms with E-state index in [-0.39, 0.29) is 12.2 Å². The Hall–Kier alpha value is -2.51. The highest BCUT2D eigenvalue weighted by Gasteiger charge is 2.35. The molecule has 5 nitrogen and oxygen atoms in total. The van der Waals surface area contributed by atoms with E-state index in [9.17, 15) is 18.0 Å². The molecule has 0 unspecified atom stereocenters. The molecule has 1 aromatic heterocycles. The number of aromatic nitrogens is 1. The number of aryl methyl sites for hydroxylation is 1. The van der Waals surface area contributed by atoms with Gasteiger partial charge in [0.15, 0.2) is 0 Å². The zero-order chi connectivity index (χ0) is 15.6. The van der Waals surface area contributed by atoms with Crippen LogP contribution in [0.25, 0.3) is 0 Å². The summed E-state index contributed by atoms with van der Waals surface area (Å²) in [5.41, 5.74) is -1.17. The molecule has 0 saturated heterocycles. The first-order valence-electron chi connectivity index (χ1n) is 5.88. The molecule has 0 aliphatic carbocycles. The summed E-state index contributed by atoms with van der Waals surface area (Å²) in [5, 5.41) is 15.4. The van der Waals surface area contributed by atoms with Gasteiger partial charge in [-0.3, -0.25) is 0 Å². The Morgan fingerprint density at radius 2 is 2.10 bits per heavy atom. The van der Waals surface area contributed by atoms with E-state index in [1.54, 1.807) is 13.0 Å². The third-order valence-corrected chi connectivity index (χ3v) is 2.71. The van der Waals surface area contributed by atoms with Crippen LogP contribution in [-0.2, 0) is 12.7 Å². The van der Waals surface area contributed by atoms with E-state index in [0.29, 0.717) is 11.5 Å². The van der Waals surface area contributed by atoms with E-state index in [1.807, 2.05) is 0 Å². The van der Waals surface area contributed by atoms with Crippen LogP contribution < -0.4 is 5.32 Å². The fourth-order valence-corrected chi connectivity index (χ4v) is 1.77. The van der Waals surface area contributed by atoms with Crippen LogP contribution in [0, 0.1) is 6.92 Å². The maximum atomic E-state index is 12.7. The standard InChI is InChI=1S/C13H11F3N2O3/c1-7-4-9(18-21-7)6-17-8-2-3-11(13(14,15)16)10(5-8)12(19)20/h2-5,17H,6H2,1H3,(H,19,20). The second-order valence-electron chi connectivity index (χ2n) is 4.35. The molecule has 1 heterocycles. The number of carboxylic acids is 1. The number of nitrogens with zero attached hydrogens (tertiary/aromatic N) is 1. The molecule has 0 spiro atoms. The molecule has 0 saturated carbocycles. The Labute approximate surface area is 117 Å². The van der Waals surface area contributed by atoms with Crippen LogP contribution >= 0.6 is 0 Å². The van der Waals surface area contributed by atoms with Gasteiger partial charge in [0.25, 0.3) is 0 Å². The maximum Gasteiger partial charge on any atom is 0.417 e. The van der Waals surface area contributed by atoms with Gasteiger partial charge in [-0.1, -0.05) is 5.16 Å². The summed E-state index contributed by atoms with van der Waals surface area (Å²) in [6.45, 7) is 1.92. The predicted octanol–water partition coefficient (Wildman–Crippen LogP) is 3.31. The predicted molar refractivity (Wildman–Crippen MR) is 67.0 cm³/mol. The molecule has 1 aromatic carbocycles. The number of anilines is 1. The molecule has 0 aliphatic heterocycles. The number of carboxylic acid groups (broad SMARTS) is 1. The number of hydrogen-bond donors (Lipinski definition) is 2. The van der Waals surface area contributed by atoms with Crippen molar-refractivity contribution in [3.63, 3.8) is 0 Å². The Bertz CT molecular complexity index is 665. The van der Waals surface area contributed by atoms with E-state index in [1.165, 1.54) is 6.07 Å². The minimum Gasteiger partial charge on any atom is -0.478 e. The second kappa shape index (κ2) is 5.47. The summed E-state index contributed by atoms with van der Waals surface area (Å²) in [6, 6.07) is 4.51. The molecule has 21 heavy (non-hydrogen) atoms. The van der Waals surface area contributed by atoms with Crippen molar-refractivity contribution < 1.29 is 27.6 Å². The molecule has 0 aliphatic rings. The Morgan fingerprint density at radius 1 is 1.38 bits per heavy atom.